The summed E-state index contributed by atoms with van der Waals surface area (Å²) >= 11 is 0. The van der Waals surface area contributed by atoms with Gasteiger partial charge in [-0.2, -0.15) is 0 Å². The van der Waals surface area contributed by atoms with E-state index in [1.165, 1.54) is 0 Å². The molecule has 0 aliphatic heterocycles. The highest BCUT2D eigenvalue weighted by Crippen LogP contribution is 2.11. The van der Waals surface area contributed by atoms with Crippen molar-refractivity contribution >= 4 is 5.91 Å². The van der Waals surface area contributed by atoms with Crippen LogP contribution in [0.25, 0.3) is 0 Å². The molecule has 1 unspecified atom stereocenters. The lowest BCUT2D eigenvalue weighted by Crippen LogP contribution is -2.45. The van der Waals surface area contributed by atoms with Crippen LogP contribution in [0, 0.1) is 0 Å². The molecule has 1 atom stereocenters. The standard InChI is InChI=1S/C11H17N3O3/c12-11(16)10(13-5-6-14-17)7-8-1-3-9(15)4-2-8/h1-4,10,13-15,17H,5-7H2,(H2,12,16). The molecule has 0 aliphatic rings. The van der Waals surface area contributed by atoms with Gasteiger partial charge in [-0.05, 0) is 24.1 Å². The summed E-state index contributed by atoms with van der Waals surface area (Å²) in [4.78, 5) is 11.2. The SMILES string of the molecule is NC(=O)C(Cc1ccc(O)cc1)NCCNO. The van der Waals surface area contributed by atoms with E-state index in [2.05, 4.69) is 5.32 Å². The fourth-order valence-electron chi connectivity index (χ4n) is 1.44. The van der Waals surface area contributed by atoms with Gasteiger partial charge in [-0.25, -0.2) is 5.48 Å². The maximum Gasteiger partial charge on any atom is 0.234 e. The Morgan fingerprint density at radius 2 is 1.94 bits per heavy atom. The van der Waals surface area contributed by atoms with Gasteiger partial charge in [0.05, 0.1) is 6.04 Å². The summed E-state index contributed by atoms with van der Waals surface area (Å²) in [6.07, 6.45) is 0.445. The van der Waals surface area contributed by atoms with Crippen molar-refractivity contribution in [1.29, 1.82) is 0 Å². The van der Waals surface area contributed by atoms with Gasteiger partial charge in [0.1, 0.15) is 5.75 Å². The molecule has 0 radical (unpaired) electrons. The average Bonchev–Trinajstić information content (AvgIpc) is 2.30. The Hall–Kier alpha value is -1.63. The number of hydrogen-bond donors (Lipinski definition) is 5. The van der Waals surface area contributed by atoms with Crippen LogP contribution in [-0.4, -0.2) is 35.4 Å². The molecule has 6 heteroatoms. The van der Waals surface area contributed by atoms with E-state index < -0.39 is 11.9 Å². The molecule has 0 saturated heterocycles. The minimum atomic E-state index is -0.493. The fourth-order valence-corrected chi connectivity index (χ4v) is 1.44. The first kappa shape index (κ1) is 13.4. The summed E-state index contributed by atoms with van der Waals surface area (Å²) in [6.45, 7) is 0.765. The van der Waals surface area contributed by atoms with E-state index in [4.69, 9.17) is 16.0 Å². The van der Waals surface area contributed by atoms with Crippen molar-refractivity contribution < 1.29 is 15.1 Å². The highest BCUT2D eigenvalue weighted by Gasteiger charge is 2.14. The Morgan fingerprint density at radius 1 is 1.29 bits per heavy atom. The van der Waals surface area contributed by atoms with Crippen LogP contribution in [0.15, 0.2) is 24.3 Å². The summed E-state index contributed by atoms with van der Waals surface area (Å²) in [5.74, 6) is -0.266. The number of hydrogen-bond acceptors (Lipinski definition) is 5. The minimum absolute atomic E-state index is 0.182. The maximum atomic E-state index is 11.2. The van der Waals surface area contributed by atoms with Gasteiger partial charge in [-0.1, -0.05) is 12.1 Å². The second kappa shape index (κ2) is 6.85. The second-order valence-corrected chi connectivity index (χ2v) is 3.69. The molecule has 1 aromatic carbocycles. The number of carbonyl (C=O) groups is 1. The number of phenols is 1. The lowest BCUT2D eigenvalue weighted by molar-refractivity contribution is -0.120. The van der Waals surface area contributed by atoms with Gasteiger partial charge in [-0.15, -0.1) is 0 Å². The summed E-state index contributed by atoms with van der Waals surface area (Å²) in [5, 5.41) is 20.5. The molecular weight excluding hydrogens is 222 g/mol. The van der Waals surface area contributed by atoms with Crippen molar-refractivity contribution in [2.45, 2.75) is 12.5 Å². The number of hydroxylamine groups is 1. The third-order valence-electron chi connectivity index (χ3n) is 2.35. The number of carbonyl (C=O) groups excluding carboxylic acids is 1. The van der Waals surface area contributed by atoms with Gasteiger partial charge in [-0.3, -0.25) is 4.79 Å². The molecule has 0 aliphatic carbocycles. The van der Waals surface area contributed by atoms with E-state index in [1.54, 1.807) is 24.3 Å². The quantitative estimate of drug-likeness (QED) is 0.321. The highest BCUT2D eigenvalue weighted by molar-refractivity contribution is 5.80. The number of amides is 1. The molecule has 6 N–H and O–H groups in total. The molecule has 0 aromatic heterocycles. The smallest absolute Gasteiger partial charge is 0.234 e. The zero-order valence-corrected chi connectivity index (χ0v) is 9.39. The van der Waals surface area contributed by atoms with Crippen LogP contribution in [-0.2, 0) is 11.2 Å². The van der Waals surface area contributed by atoms with Crippen LogP contribution >= 0.6 is 0 Å². The predicted octanol–water partition coefficient (Wildman–Crippen LogP) is -0.643. The first-order valence-corrected chi connectivity index (χ1v) is 5.31. The number of phenolic OH excluding ortho intramolecular Hbond substituents is 1. The Morgan fingerprint density at radius 3 is 2.47 bits per heavy atom. The fraction of sp³-hybridized carbons (Fsp3) is 0.364. The third kappa shape index (κ3) is 4.81. The molecular formula is C11H17N3O3. The lowest BCUT2D eigenvalue weighted by atomic mass is 10.1. The lowest BCUT2D eigenvalue weighted by Gasteiger charge is -2.15. The van der Waals surface area contributed by atoms with E-state index in [0.717, 1.165) is 5.56 Å². The van der Waals surface area contributed by atoms with Crippen molar-refractivity contribution in [2.24, 2.45) is 5.73 Å². The van der Waals surface area contributed by atoms with Crippen LogP contribution in [0.2, 0.25) is 0 Å². The first-order chi connectivity index (χ1) is 8.13. The molecule has 17 heavy (non-hydrogen) atoms. The van der Waals surface area contributed by atoms with Gasteiger partial charge in [0, 0.05) is 13.1 Å². The van der Waals surface area contributed by atoms with Crippen molar-refractivity contribution in [3.63, 3.8) is 0 Å². The highest BCUT2D eigenvalue weighted by atomic mass is 16.5. The van der Waals surface area contributed by atoms with E-state index in [0.29, 0.717) is 19.5 Å². The van der Waals surface area contributed by atoms with Crippen molar-refractivity contribution in [3.8, 4) is 5.75 Å². The predicted molar refractivity (Wildman–Crippen MR) is 62.6 cm³/mol. The molecule has 0 spiro atoms. The average molecular weight is 239 g/mol. The third-order valence-corrected chi connectivity index (χ3v) is 2.35. The Balaban J connectivity index is 2.54. The van der Waals surface area contributed by atoms with Gasteiger partial charge in [0.15, 0.2) is 0 Å². The van der Waals surface area contributed by atoms with E-state index in [9.17, 15) is 4.79 Å². The van der Waals surface area contributed by atoms with Crippen LogP contribution in [0.3, 0.4) is 0 Å². The topological polar surface area (TPSA) is 108 Å². The van der Waals surface area contributed by atoms with Crippen LogP contribution < -0.4 is 16.5 Å². The molecule has 0 bridgehead atoms. The summed E-state index contributed by atoms with van der Waals surface area (Å²) in [6, 6.07) is 6.09. The zero-order valence-electron chi connectivity index (χ0n) is 9.39. The van der Waals surface area contributed by atoms with Gasteiger partial charge in [0.25, 0.3) is 0 Å². The number of nitrogens with two attached hydrogens (primary N) is 1. The largest absolute Gasteiger partial charge is 0.508 e. The van der Waals surface area contributed by atoms with E-state index >= 15 is 0 Å². The van der Waals surface area contributed by atoms with Crippen molar-refractivity contribution in [2.75, 3.05) is 13.1 Å². The van der Waals surface area contributed by atoms with Crippen molar-refractivity contribution in [1.82, 2.24) is 10.8 Å². The van der Waals surface area contributed by atoms with Crippen LogP contribution in [0.5, 0.6) is 5.75 Å². The monoisotopic (exact) mass is 239 g/mol. The zero-order chi connectivity index (χ0) is 12.7. The molecule has 1 rings (SSSR count). The number of aromatic hydroxyl groups is 1. The molecule has 0 saturated carbocycles. The molecule has 1 amide bonds. The maximum absolute atomic E-state index is 11.2. The second-order valence-electron chi connectivity index (χ2n) is 3.69. The summed E-state index contributed by atoms with van der Waals surface area (Å²) < 4.78 is 0. The van der Waals surface area contributed by atoms with Crippen molar-refractivity contribution in [3.05, 3.63) is 29.8 Å². The molecule has 1 aromatic rings. The molecule has 0 fully saturated rings. The number of nitrogens with one attached hydrogen (secondary N) is 2. The first-order valence-electron chi connectivity index (χ1n) is 5.31. The molecule has 94 valence electrons. The normalized spacial score (nSPS) is 12.3. The summed E-state index contributed by atoms with van der Waals surface area (Å²) in [5.41, 5.74) is 8.15. The number of benzene rings is 1. The molecule has 0 heterocycles. The van der Waals surface area contributed by atoms with Gasteiger partial charge < -0.3 is 21.4 Å². The Kier molecular flexibility index (Phi) is 5.41. The number of rotatable bonds is 7. The van der Waals surface area contributed by atoms with Gasteiger partial charge in [0.2, 0.25) is 5.91 Å². The minimum Gasteiger partial charge on any atom is -0.508 e. The van der Waals surface area contributed by atoms with Crippen LogP contribution in [0.1, 0.15) is 5.56 Å². The number of primary amides is 1. The van der Waals surface area contributed by atoms with E-state index in [1.807, 2.05) is 5.48 Å². The Labute approximate surface area is 99.4 Å². The van der Waals surface area contributed by atoms with Gasteiger partial charge >= 0.3 is 0 Å². The van der Waals surface area contributed by atoms with E-state index in [-0.39, 0.29) is 5.75 Å². The Bertz CT molecular complexity index is 353. The van der Waals surface area contributed by atoms with Crippen LogP contribution in [0.4, 0.5) is 0 Å². The summed E-state index contributed by atoms with van der Waals surface area (Å²) in [7, 11) is 0. The molecule has 6 nitrogen and oxygen atoms in total.